The zero-order chi connectivity index (χ0) is 13.2. The summed E-state index contributed by atoms with van der Waals surface area (Å²) in [6, 6.07) is 2.34. The van der Waals surface area contributed by atoms with Crippen molar-refractivity contribution in [1.29, 1.82) is 0 Å². The highest BCUT2D eigenvalue weighted by atomic mass is 16.5. The van der Waals surface area contributed by atoms with Gasteiger partial charge in [0.25, 0.3) is 0 Å². The number of likely N-dealkylation sites (N-methyl/N-ethyl adjacent to an activating group) is 1. The second-order valence-electron chi connectivity index (χ2n) is 5.35. The molecular formula is C13H24N4O. The van der Waals surface area contributed by atoms with Gasteiger partial charge in [-0.15, -0.1) is 0 Å². The van der Waals surface area contributed by atoms with Crippen LogP contribution in [0.1, 0.15) is 25.6 Å². The minimum Gasteiger partial charge on any atom is -0.379 e. The van der Waals surface area contributed by atoms with Gasteiger partial charge in [-0.2, -0.15) is 5.10 Å². The van der Waals surface area contributed by atoms with Crippen molar-refractivity contribution in [3.05, 3.63) is 18.0 Å². The maximum atomic E-state index is 5.44. The monoisotopic (exact) mass is 252 g/mol. The van der Waals surface area contributed by atoms with Crippen molar-refractivity contribution in [2.75, 3.05) is 33.4 Å². The minimum atomic E-state index is 0.0341. The quantitative estimate of drug-likeness (QED) is 0.860. The first-order valence-corrected chi connectivity index (χ1v) is 6.55. The predicted molar refractivity (Wildman–Crippen MR) is 71.5 cm³/mol. The number of hydrogen-bond acceptors (Lipinski definition) is 4. The van der Waals surface area contributed by atoms with E-state index < -0.39 is 0 Å². The zero-order valence-electron chi connectivity index (χ0n) is 11.8. The number of aryl methyl sites for hydroxylation is 1. The molecule has 0 aromatic carbocycles. The van der Waals surface area contributed by atoms with E-state index in [2.05, 4.69) is 35.2 Å². The Balaban J connectivity index is 2.22. The molecule has 0 bridgehead atoms. The van der Waals surface area contributed by atoms with Crippen LogP contribution < -0.4 is 5.32 Å². The number of rotatable bonds is 4. The number of ether oxygens (including phenoxy) is 1. The zero-order valence-corrected chi connectivity index (χ0v) is 11.8. The molecule has 0 radical (unpaired) electrons. The van der Waals surface area contributed by atoms with Crippen LogP contribution in [0.5, 0.6) is 0 Å². The third kappa shape index (κ3) is 2.43. The number of aromatic nitrogens is 2. The largest absolute Gasteiger partial charge is 0.379 e. The molecule has 1 atom stereocenters. The second kappa shape index (κ2) is 5.38. The fourth-order valence-electron chi connectivity index (χ4n) is 2.85. The topological polar surface area (TPSA) is 42.3 Å². The van der Waals surface area contributed by atoms with Crippen LogP contribution in [0.25, 0.3) is 0 Å². The Morgan fingerprint density at radius 3 is 2.56 bits per heavy atom. The molecule has 0 amide bonds. The molecule has 102 valence electrons. The average molecular weight is 252 g/mol. The van der Waals surface area contributed by atoms with Gasteiger partial charge >= 0.3 is 0 Å². The maximum absolute atomic E-state index is 5.44. The van der Waals surface area contributed by atoms with E-state index in [0.717, 1.165) is 26.3 Å². The number of hydrogen-bond donors (Lipinski definition) is 1. The van der Waals surface area contributed by atoms with Gasteiger partial charge in [-0.3, -0.25) is 9.58 Å². The lowest BCUT2D eigenvalue weighted by Gasteiger charge is -2.45. The lowest BCUT2D eigenvalue weighted by Crippen LogP contribution is -2.56. The van der Waals surface area contributed by atoms with Gasteiger partial charge in [0, 0.05) is 31.9 Å². The standard InChI is InChI=1S/C13H24N4O/c1-13(2,17-7-9-18-10-8-17)12(14-3)11-5-6-15-16(11)4/h5-6,12,14H,7-10H2,1-4H3. The summed E-state index contributed by atoms with van der Waals surface area (Å²) >= 11 is 0. The molecule has 5 nitrogen and oxygen atoms in total. The number of nitrogens with one attached hydrogen (secondary N) is 1. The molecule has 0 spiro atoms. The SMILES string of the molecule is CNC(c1ccnn1C)C(C)(C)N1CCOCC1. The highest BCUT2D eigenvalue weighted by Gasteiger charge is 2.37. The lowest BCUT2D eigenvalue weighted by atomic mass is 9.89. The summed E-state index contributed by atoms with van der Waals surface area (Å²) in [5.41, 5.74) is 1.25. The van der Waals surface area contributed by atoms with Crippen molar-refractivity contribution in [1.82, 2.24) is 20.0 Å². The Morgan fingerprint density at radius 2 is 2.06 bits per heavy atom. The van der Waals surface area contributed by atoms with Crippen LogP contribution in [0, 0.1) is 0 Å². The van der Waals surface area contributed by atoms with Crippen molar-refractivity contribution in [2.45, 2.75) is 25.4 Å². The van der Waals surface area contributed by atoms with Crippen LogP contribution in [0.3, 0.4) is 0 Å². The molecule has 1 aliphatic heterocycles. The molecule has 2 rings (SSSR count). The molecule has 1 unspecified atom stereocenters. The van der Waals surface area contributed by atoms with E-state index in [-0.39, 0.29) is 11.6 Å². The minimum absolute atomic E-state index is 0.0341. The van der Waals surface area contributed by atoms with Crippen molar-refractivity contribution in [2.24, 2.45) is 7.05 Å². The lowest BCUT2D eigenvalue weighted by molar-refractivity contribution is -0.0238. The van der Waals surface area contributed by atoms with Crippen molar-refractivity contribution in [3.63, 3.8) is 0 Å². The Bertz CT molecular complexity index is 382. The van der Waals surface area contributed by atoms with Crippen LogP contribution in [-0.4, -0.2) is 53.6 Å². The third-order valence-electron chi connectivity index (χ3n) is 3.98. The van der Waals surface area contributed by atoms with E-state index in [9.17, 15) is 0 Å². The van der Waals surface area contributed by atoms with Gasteiger partial charge in [-0.1, -0.05) is 0 Å². The Hall–Kier alpha value is -0.910. The maximum Gasteiger partial charge on any atom is 0.0671 e. The van der Waals surface area contributed by atoms with Gasteiger partial charge in [-0.05, 0) is 27.0 Å². The number of nitrogens with zero attached hydrogens (tertiary/aromatic N) is 3. The van der Waals surface area contributed by atoms with E-state index in [1.165, 1.54) is 5.69 Å². The molecular weight excluding hydrogens is 228 g/mol. The molecule has 1 saturated heterocycles. The van der Waals surface area contributed by atoms with Crippen LogP contribution in [0.4, 0.5) is 0 Å². The molecule has 1 N–H and O–H groups in total. The highest BCUT2D eigenvalue weighted by Crippen LogP contribution is 2.31. The normalized spacial score (nSPS) is 20.0. The van der Waals surface area contributed by atoms with Crippen LogP contribution in [0.15, 0.2) is 12.3 Å². The first kappa shape index (κ1) is 13.5. The first-order chi connectivity index (χ1) is 8.57. The van der Waals surface area contributed by atoms with Gasteiger partial charge in [0.2, 0.25) is 0 Å². The van der Waals surface area contributed by atoms with Gasteiger partial charge in [0.1, 0.15) is 0 Å². The summed E-state index contributed by atoms with van der Waals surface area (Å²) in [5.74, 6) is 0. The molecule has 1 aliphatic rings. The van der Waals surface area contributed by atoms with Crippen molar-refractivity contribution in [3.8, 4) is 0 Å². The molecule has 0 saturated carbocycles. The molecule has 18 heavy (non-hydrogen) atoms. The highest BCUT2D eigenvalue weighted by molar-refractivity contribution is 5.13. The van der Waals surface area contributed by atoms with E-state index >= 15 is 0 Å². The predicted octanol–water partition coefficient (Wildman–Crippen LogP) is 0.791. The van der Waals surface area contributed by atoms with Gasteiger partial charge in [0.15, 0.2) is 0 Å². The summed E-state index contributed by atoms with van der Waals surface area (Å²) in [7, 11) is 4.01. The summed E-state index contributed by atoms with van der Waals surface area (Å²) < 4.78 is 7.39. The summed E-state index contributed by atoms with van der Waals surface area (Å²) in [6.45, 7) is 8.20. The summed E-state index contributed by atoms with van der Waals surface area (Å²) in [4.78, 5) is 2.49. The number of morpholine rings is 1. The molecule has 1 aromatic heterocycles. The molecule has 1 aromatic rings. The average Bonchev–Trinajstić information content (AvgIpc) is 2.78. The van der Waals surface area contributed by atoms with E-state index in [4.69, 9.17) is 4.74 Å². The van der Waals surface area contributed by atoms with Crippen molar-refractivity contribution >= 4 is 0 Å². The van der Waals surface area contributed by atoms with Gasteiger partial charge in [-0.25, -0.2) is 0 Å². The van der Waals surface area contributed by atoms with Crippen LogP contribution in [-0.2, 0) is 11.8 Å². The fourth-order valence-corrected chi connectivity index (χ4v) is 2.85. The van der Waals surface area contributed by atoms with E-state index in [1.807, 2.05) is 25.0 Å². The summed E-state index contributed by atoms with van der Waals surface area (Å²) in [6.07, 6.45) is 1.86. The van der Waals surface area contributed by atoms with Crippen LogP contribution >= 0.6 is 0 Å². The first-order valence-electron chi connectivity index (χ1n) is 6.55. The van der Waals surface area contributed by atoms with Gasteiger partial charge < -0.3 is 10.1 Å². The Kier molecular flexibility index (Phi) is 4.04. The summed E-state index contributed by atoms with van der Waals surface area (Å²) in [5, 5.41) is 7.72. The Labute approximate surface area is 109 Å². The fraction of sp³-hybridized carbons (Fsp3) is 0.769. The molecule has 2 heterocycles. The smallest absolute Gasteiger partial charge is 0.0671 e. The molecule has 5 heteroatoms. The molecule has 0 aliphatic carbocycles. The second-order valence-corrected chi connectivity index (χ2v) is 5.35. The van der Waals surface area contributed by atoms with Crippen molar-refractivity contribution < 1.29 is 4.74 Å². The Morgan fingerprint density at radius 1 is 1.39 bits per heavy atom. The van der Waals surface area contributed by atoms with E-state index in [1.54, 1.807) is 0 Å². The van der Waals surface area contributed by atoms with Gasteiger partial charge in [0.05, 0.1) is 24.9 Å². The van der Waals surface area contributed by atoms with E-state index in [0.29, 0.717) is 0 Å². The van der Waals surface area contributed by atoms with Crippen LogP contribution in [0.2, 0.25) is 0 Å². The third-order valence-corrected chi connectivity index (χ3v) is 3.98. The molecule has 1 fully saturated rings.